The second-order valence-corrected chi connectivity index (χ2v) is 7.34. The molecule has 5 heteroatoms. The summed E-state index contributed by atoms with van der Waals surface area (Å²) in [5, 5.41) is 0.528. The number of hydrogen-bond acceptors (Lipinski definition) is 4. The Labute approximate surface area is 157 Å². The molecule has 26 heavy (non-hydrogen) atoms. The van der Waals surface area contributed by atoms with Gasteiger partial charge in [-0.3, -0.25) is 4.79 Å². The Morgan fingerprint density at radius 2 is 1.69 bits per heavy atom. The highest BCUT2D eigenvalue weighted by Crippen LogP contribution is 2.35. The van der Waals surface area contributed by atoms with Crippen molar-refractivity contribution in [1.82, 2.24) is 9.88 Å². The van der Waals surface area contributed by atoms with Gasteiger partial charge in [0.15, 0.2) is 5.76 Å². The van der Waals surface area contributed by atoms with Gasteiger partial charge in [0.05, 0.1) is 5.75 Å². The Morgan fingerprint density at radius 3 is 2.31 bits per heavy atom. The first kappa shape index (κ1) is 16.9. The lowest BCUT2D eigenvalue weighted by molar-refractivity contribution is -0.127. The van der Waals surface area contributed by atoms with Gasteiger partial charge in [0, 0.05) is 24.2 Å². The van der Waals surface area contributed by atoms with Crippen LogP contribution in [0.3, 0.4) is 0 Å². The van der Waals surface area contributed by atoms with Gasteiger partial charge < -0.3 is 9.32 Å². The molecule has 132 valence electrons. The molecule has 2 aromatic carbocycles. The normalized spacial score (nSPS) is 13.6. The molecule has 4 nitrogen and oxygen atoms in total. The number of rotatable bonds is 6. The number of carbonyl (C=O) groups excluding carboxylic acids is 1. The van der Waals surface area contributed by atoms with Gasteiger partial charge in [0.1, 0.15) is 5.69 Å². The Bertz CT molecular complexity index is 832. The average Bonchev–Trinajstić information content (AvgIpc) is 3.46. The van der Waals surface area contributed by atoms with Crippen LogP contribution < -0.4 is 0 Å². The number of aromatic nitrogens is 1. The van der Waals surface area contributed by atoms with Gasteiger partial charge in [-0.15, -0.1) is 0 Å². The van der Waals surface area contributed by atoms with Gasteiger partial charge in [0.25, 0.3) is 5.22 Å². The minimum absolute atomic E-state index is 0.123. The smallest absolute Gasteiger partial charge is 0.257 e. The first-order valence-electron chi connectivity index (χ1n) is 8.72. The molecule has 1 amide bonds. The third-order valence-electron chi connectivity index (χ3n) is 4.50. The third kappa shape index (κ3) is 3.68. The molecule has 3 aromatic rings. The monoisotopic (exact) mass is 364 g/mol. The lowest BCUT2D eigenvalue weighted by Crippen LogP contribution is -2.30. The van der Waals surface area contributed by atoms with Crippen molar-refractivity contribution in [2.75, 3.05) is 12.8 Å². The van der Waals surface area contributed by atoms with E-state index in [1.165, 1.54) is 11.8 Å². The van der Waals surface area contributed by atoms with Crippen LogP contribution in [0.5, 0.6) is 0 Å². The van der Waals surface area contributed by atoms with Crippen LogP contribution in [0.1, 0.15) is 12.8 Å². The standard InChI is InChI=1S/C21H20N2O2S/c1-23(17-12-13-17)18(24)14-26-21-22-19(15-8-4-2-5-9-15)20(25-21)16-10-6-3-7-11-16/h2-11,17H,12-14H2,1H3. The summed E-state index contributed by atoms with van der Waals surface area (Å²) in [5.74, 6) is 1.20. The molecule has 1 heterocycles. The van der Waals surface area contributed by atoms with E-state index in [-0.39, 0.29) is 5.91 Å². The SMILES string of the molecule is CN(C(=O)CSc1nc(-c2ccccc2)c(-c2ccccc2)o1)C1CC1. The zero-order valence-corrected chi connectivity index (χ0v) is 15.4. The van der Waals surface area contributed by atoms with E-state index in [0.29, 0.717) is 17.0 Å². The molecule has 1 aliphatic carbocycles. The van der Waals surface area contributed by atoms with E-state index >= 15 is 0 Å². The maximum atomic E-state index is 12.3. The van der Waals surface area contributed by atoms with Gasteiger partial charge >= 0.3 is 0 Å². The molecule has 1 saturated carbocycles. The molecule has 0 radical (unpaired) electrons. The second-order valence-electron chi connectivity index (χ2n) is 6.41. The van der Waals surface area contributed by atoms with Crippen LogP contribution in [0.4, 0.5) is 0 Å². The maximum absolute atomic E-state index is 12.3. The van der Waals surface area contributed by atoms with E-state index in [4.69, 9.17) is 4.42 Å². The summed E-state index contributed by atoms with van der Waals surface area (Å²) >= 11 is 1.36. The minimum atomic E-state index is 0.123. The van der Waals surface area contributed by atoms with Gasteiger partial charge in [-0.1, -0.05) is 72.4 Å². The zero-order valence-electron chi connectivity index (χ0n) is 14.6. The largest absolute Gasteiger partial charge is 0.431 e. The Kier molecular flexibility index (Phi) is 4.80. The van der Waals surface area contributed by atoms with E-state index < -0.39 is 0 Å². The first-order valence-corrected chi connectivity index (χ1v) is 9.71. The Morgan fingerprint density at radius 1 is 1.08 bits per heavy atom. The zero-order chi connectivity index (χ0) is 17.9. The summed E-state index contributed by atoms with van der Waals surface area (Å²) in [5.41, 5.74) is 2.79. The van der Waals surface area contributed by atoms with Gasteiger partial charge in [0.2, 0.25) is 5.91 Å². The maximum Gasteiger partial charge on any atom is 0.257 e. The molecule has 0 aliphatic heterocycles. The number of thioether (sulfide) groups is 1. The predicted octanol–water partition coefficient (Wildman–Crippen LogP) is 4.72. The molecule has 1 aromatic heterocycles. The van der Waals surface area contributed by atoms with E-state index in [9.17, 15) is 4.79 Å². The van der Waals surface area contributed by atoms with Crippen molar-refractivity contribution in [1.29, 1.82) is 0 Å². The fourth-order valence-corrected chi connectivity index (χ4v) is 3.58. The summed E-state index contributed by atoms with van der Waals surface area (Å²) in [6.45, 7) is 0. The molecule has 0 unspecified atom stereocenters. The Hall–Kier alpha value is -2.53. The highest BCUT2D eigenvalue weighted by atomic mass is 32.2. The van der Waals surface area contributed by atoms with Crippen LogP contribution in [-0.4, -0.2) is 34.6 Å². The van der Waals surface area contributed by atoms with E-state index in [0.717, 1.165) is 35.4 Å². The number of hydrogen-bond donors (Lipinski definition) is 0. The molecule has 0 atom stereocenters. The topological polar surface area (TPSA) is 46.3 Å². The molecule has 1 fully saturated rings. The van der Waals surface area contributed by atoms with Crippen LogP contribution >= 0.6 is 11.8 Å². The van der Waals surface area contributed by atoms with Gasteiger partial charge in [-0.2, -0.15) is 0 Å². The number of nitrogens with zero attached hydrogens (tertiary/aromatic N) is 2. The van der Waals surface area contributed by atoms with Crippen molar-refractivity contribution in [3.05, 3.63) is 60.7 Å². The summed E-state index contributed by atoms with van der Waals surface area (Å²) in [7, 11) is 1.88. The first-order chi connectivity index (χ1) is 12.7. The molecule has 0 saturated heterocycles. The van der Waals surface area contributed by atoms with E-state index in [1.807, 2.05) is 72.6 Å². The van der Waals surface area contributed by atoms with E-state index in [1.54, 1.807) is 0 Å². The fraction of sp³-hybridized carbons (Fsp3) is 0.238. The van der Waals surface area contributed by atoms with Crippen molar-refractivity contribution < 1.29 is 9.21 Å². The van der Waals surface area contributed by atoms with Crippen LogP contribution in [0.25, 0.3) is 22.6 Å². The molecule has 0 bridgehead atoms. The van der Waals surface area contributed by atoms with E-state index in [2.05, 4.69) is 4.98 Å². The minimum Gasteiger partial charge on any atom is -0.431 e. The summed E-state index contributed by atoms with van der Waals surface area (Å²) in [4.78, 5) is 18.8. The summed E-state index contributed by atoms with van der Waals surface area (Å²) in [6, 6.07) is 20.4. The molecular weight excluding hydrogens is 344 g/mol. The van der Waals surface area contributed by atoms with Crippen molar-refractivity contribution in [3.63, 3.8) is 0 Å². The molecule has 0 spiro atoms. The van der Waals surface area contributed by atoms with Crippen LogP contribution in [0, 0.1) is 0 Å². The summed E-state index contributed by atoms with van der Waals surface area (Å²) < 4.78 is 6.04. The number of benzene rings is 2. The Balaban J connectivity index is 1.60. The predicted molar refractivity (Wildman–Crippen MR) is 104 cm³/mol. The highest BCUT2D eigenvalue weighted by molar-refractivity contribution is 7.99. The number of oxazole rings is 1. The van der Waals surface area contributed by atoms with Crippen molar-refractivity contribution in [2.24, 2.45) is 0 Å². The molecular formula is C21H20N2O2S. The van der Waals surface area contributed by atoms with Crippen LogP contribution in [0.15, 0.2) is 70.3 Å². The molecule has 0 N–H and O–H groups in total. The average molecular weight is 364 g/mol. The lowest BCUT2D eigenvalue weighted by Gasteiger charge is -2.14. The quantitative estimate of drug-likeness (QED) is 0.594. The fourth-order valence-electron chi connectivity index (χ4n) is 2.83. The van der Waals surface area contributed by atoms with Crippen molar-refractivity contribution >= 4 is 17.7 Å². The van der Waals surface area contributed by atoms with Crippen LogP contribution in [0.2, 0.25) is 0 Å². The second kappa shape index (κ2) is 7.38. The number of amides is 1. The van der Waals surface area contributed by atoms with Crippen LogP contribution in [-0.2, 0) is 4.79 Å². The van der Waals surface area contributed by atoms with Gasteiger partial charge in [-0.25, -0.2) is 4.98 Å². The summed E-state index contributed by atoms with van der Waals surface area (Å²) in [6.07, 6.45) is 2.23. The molecule has 1 aliphatic rings. The lowest BCUT2D eigenvalue weighted by atomic mass is 10.1. The van der Waals surface area contributed by atoms with Gasteiger partial charge in [-0.05, 0) is 12.8 Å². The third-order valence-corrected chi connectivity index (χ3v) is 5.31. The number of carbonyl (C=O) groups is 1. The molecule has 4 rings (SSSR count). The van der Waals surface area contributed by atoms with Crippen molar-refractivity contribution in [2.45, 2.75) is 24.1 Å². The van der Waals surface area contributed by atoms with Crippen molar-refractivity contribution in [3.8, 4) is 22.6 Å². The highest BCUT2D eigenvalue weighted by Gasteiger charge is 2.29.